The highest BCUT2D eigenvalue weighted by Crippen LogP contribution is 2.25. The van der Waals surface area contributed by atoms with Crippen molar-refractivity contribution in [3.8, 4) is 0 Å². The topological polar surface area (TPSA) is 112 Å². The molecule has 1 unspecified atom stereocenters. The van der Waals surface area contributed by atoms with E-state index in [-0.39, 0.29) is 5.13 Å². The number of nitrogens with two attached hydrogens (primary N) is 2. The maximum atomic E-state index is 10.6. The van der Waals surface area contributed by atoms with Crippen molar-refractivity contribution in [3.63, 3.8) is 0 Å². The Morgan fingerprint density at radius 3 is 2.40 bits per heavy atom. The Morgan fingerprint density at radius 2 is 2.20 bits per heavy atom. The molecule has 8 heteroatoms. The molecule has 0 saturated heterocycles. The van der Waals surface area contributed by atoms with Gasteiger partial charge in [0, 0.05) is 0 Å². The molecule has 0 amide bonds. The molecule has 6 nitrogen and oxygen atoms in total. The van der Waals surface area contributed by atoms with E-state index in [9.17, 15) is 8.42 Å². The number of hydrogen-bond acceptors (Lipinski definition) is 5. The van der Waals surface area contributed by atoms with Gasteiger partial charge >= 0.3 is 14.2 Å². The summed E-state index contributed by atoms with van der Waals surface area (Å²) in [6, 6.07) is 0. The number of hydrogen-bond donors (Lipinski definition) is 2. The van der Waals surface area contributed by atoms with Crippen LogP contribution in [-0.2, 0) is 9.06 Å². The normalized spacial score (nSPS) is 13.5. The first-order valence-corrected chi connectivity index (χ1v) is 5.50. The van der Waals surface area contributed by atoms with Crippen LogP contribution in [0.3, 0.4) is 0 Å². The van der Waals surface area contributed by atoms with Crippen LogP contribution in [0.2, 0.25) is 0 Å². The Morgan fingerprint density at radius 1 is 1.60 bits per heavy atom. The average Bonchev–Trinajstić information content (AvgIpc) is 2.11. The van der Waals surface area contributed by atoms with Crippen LogP contribution in [-0.4, -0.2) is 18.6 Å². The first kappa shape index (κ1) is 7.38. The second-order valence-corrected chi connectivity index (χ2v) is 6.13. The fourth-order valence-electron chi connectivity index (χ4n) is 0.397. The number of aromatic nitrogens is 2. The fraction of sp³-hybridized carbons (Fsp3) is 0. The summed E-state index contributed by atoms with van der Waals surface area (Å²) in [5.74, 6) is 0. The van der Waals surface area contributed by atoms with E-state index in [0.29, 0.717) is 0 Å². The standard InChI is InChI=1S/C2H5N4O2S2/c3-2-6-5-1-9(2)10(4,7)8/h1H,(H2,3,6)(H2,4,7,8)/q+1. The summed E-state index contributed by atoms with van der Waals surface area (Å²) in [6.07, 6.45) is 0. The van der Waals surface area contributed by atoms with Gasteiger partial charge in [0.25, 0.3) is 5.51 Å². The number of nitrogen functional groups attached to an aromatic ring is 1. The van der Waals surface area contributed by atoms with E-state index in [1.54, 1.807) is 0 Å². The van der Waals surface area contributed by atoms with Crippen LogP contribution in [0.5, 0.6) is 0 Å². The highest BCUT2D eigenvalue weighted by molar-refractivity contribution is 8.38. The van der Waals surface area contributed by atoms with Gasteiger partial charge in [0.2, 0.25) is 0 Å². The average molecular weight is 181 g/mol. The molecule has 0 aromatic carbocycles. The quantitative estimate of drug-likeness (QED) is 0.420. The lowest BCUT2D eigenvalue weighted by Gasteiger charge is -1.79. The molecule has 1 aromatic rings. The summed E-state index contributed by atoms with van der Waals surface area (Å²) in [5.41, 5.74) is 6.26. The number of rotatable bonds is 1. The van der Waals surface area contributed by atoms with Crippen LogP contribution in [0, 0.1) is 0 Å². The SMILES string of the molecule is Nc1nnc[s+]1S(N)(=O)=O. The van der Waals surface area contributed by atoms with Gasteiger partial charge in [-0.1, -0.05) is 10.2 Å². The van der Waals surface area contributed by atoms with Gasteiger partial charge in [-0.05, 0) is 0 Å². The molecule has 0 bridgehead atoms. The van der Waals surface area contributed by atoms with Gasteiger partial charge in [-0.25, -0.2) is 0 Å². The summed E-state index contributed by atoms with van der Waals surface area (Å²) in [7, 11) is -4.93. The molecule has 0 fully saturated rings. The molecule has 4 N–H and O–H groups in total. The molecule has 0 aliphatic heterocycles. The van der Waals surface area contributed by atoms with E-state index in [4.69, 9.17) is 10.9 Å². The van der Waals surface area contributed by atoms with Gasteiger partial charge in [0.15, 0.2) is 9.50 Å². The lowest BCUT2D eigenvalue weighted by Crippen LogP contribution is -2.07. The van der Waals surface area contributed by atoms with Crippen molar-refractivity contribution in [1.29, 1.82) is 0 Å². The zero-order valence-electron chi connectivity index (χ0n) is 4.76. The zero-order chi connectivity index (χ0) is 7.78. The van der Waals surface area contributed by atoms with Crippen molar-refractivity contribution in [3.05, 3.63) is 5.51 Å². The van der Waals surface area contributed by atoms with Gasteiger partial charge in [-0.3, -0.25) is 0 Å². The molecule has 1 aromatic heterocycles. The molecule has 0 spiro atoms. The van der Waals surface area contributed by atoms with Gasteiger partial charge in [-0.2, -0.15) is 13.6 Å². The first-order chi connectivity index (χ1) is 4.52. The molecule has 0 aliphatic rings. The van der Waals surface area contributed by atoms with Crippen molar-refractivity contribution in [2.45, 2.75) is 0 Å². The Bertz CT molecular complexity index is 327. The van der Waals surface area contributed by atoms with Crippen LogP contribution in [0.1, 0.15) is 0 Å². The van der Waals surface area contributed by atoms with Crippen molar-refractivity contribution >= 4 is 23.7 Å². The zero-order valence-corrected chi connectivity index (χ0v) is 6.39. The van der Waals surface area contributed by atoms with Gasteiger partial charge in [0.1, 0.15) is 0 Å². The molecule has 1 atom stereocenters. The maximum absolute atomic E-state index is 10.6. The summed E-state index contributed by atoms with van der Waals surface area (Å²) < 4.78 is 21.2. The Hall–Kier alpha value is -0.730. The minimum atomic E-state index is -3.63. The summed E-state index contributed by atoms with van der Waals surface area (Å²) in [4.78, 5) is 0. The van der Waals surface area contributed by atoms with E-state index in [0.717, 1.165) is 5.51 Å². The Kier molecular flexibility index (Phi) is 1.58. The minimum Gasteiger partial charge on any atom is -0.336 e. The van der Waals surface area contributed by atoms with Gasteiger partial charge < -0.3 is 5.73 Å². The second-order valence-electron chi connectivity index (χ2n) is 1.45. The highest BCUT2D eigenvalue weighted by atomic mass is 33.2. The monoisotopic (exact) mass is 181 g/mol. The summed E-state index contributed by atoms with van der Waals surface area (Å²) >= 11 is 0. The van der Waals surface area contributed by atoms with Crippen LogP contribution in [0.25, 0.3) is 0 Å². The predicted octanol–water partition coefficient (Wildman–Crippen LogP) is -1.14. The van der Waals surface area contributed by atoms with Crippen LogP contribution >= 0.6 is 9.50 Å². The molecule has 10 heavy (non-hydrogen) atoms. The molecular weight excluding hydrogens is 176 g/mol. The summed E-state index contributed by atoms with van der Waals surface area (Å²) in [6.45, 7) is 0. The highest BCUT2D eigenvalue weighted by Gasteiger charge is 2.25. The largest absolute Gasteiger partial charge is 0.411 e. The molecule has 0 aliphatic carbocycles. The van der Waals surface area contributed by atoms with E-state index >= 15 is 0 Å². The van der Waals surface area contributed by atoms with Crippen LogP contribution < -0.4 is 10.9 Å². The molecule has 0 radical (unpaired) electrons. The first-order valence-electron chi connectivity index (χ1n) is 2.15. The van der Waals surface area contributed by atoms with Crippen LogP contribution in [0.4, 0.5) is 5.13 Å². The Labute approximate surface area is 59.3 Å². The van der Waals surface area contributed by atoms with E-state index in [1.807, 2.05) is 0 Å². The molecule has 1 rings (SSSR count). The molecule has 0 saturated carbocycles. The van der Waals surface area contributed by atoms with E-state index < -0.39 is 18.6 Å². The molecular formula is C2H5N4O2S2+. The smallest absolute Gasteiger partial charge is 0.336 e. The molecule has 56 valence electrons. The Balaban J connectivity index is 3.32. The van der Waals surface area contributed by atoms with Crippen molar-refractivity contribution in [2.75, 3.05) is 5.73 Å². The fourth-order valence-corrected chi connectivity index (χ4v) is 2.41. The molecule has 1 heterocycles. The summed E-state index contributed by atoms with van der Waals surface area (Å²) in [5, 5.41) is 11.3. The van der Waals surface area contributed by atoms with Crippen molar-refractivity contribution in [1.82, 2.24) is 10.2 Å². The van der Waals surface area contributed by atoms with E-state index in [2.05, 4.69) is 10.2 Å². The lowest BCUT2D eigenvalue weighted by atomic mass is 11.3. The minimum absolute atomic E-state index is 0.0532. The number of anilines is 1. The third-order valence-corrected chi connectivity index (χ3v) is 4.31. The maximum Gasteiger partial charge on any atom is 0.411 e. The van der Waals surface area contributed by atoms with Crippen molar-refractivity contribution < 1.29 is 8.42 Å². The third-order valence-electron chi connectivity index (χ3n) is 0.756. The predicted molar refractivity (Wildman–Crippen MR) is 37.4 cm³/mol. The lowest BCUT2D eigenvalue weighted by molar-refractivity contribution is 0.611. The van der Waals surface area contributed by atoms with Gasteiger partial charge in [0.05, 0.1) is 0 Å². The van der Waals surface area contributed by atoms with Gasteiger partial charge in [-0.15, -0.1) is 0 Å². The number of nitrogens with zero attached hydrogens (tertiary/aromatic N) is 2. The van der Waals surface area contributed by atoms with E-state index in [1.165, 1.54) is 0 Å². The van der Waals surface area contributed by atoms with Crippen molar-refractivity contribution in [2.24, 2.45) is 5.14 Å². The third kappa shape index (κ3) is 1.23. The second kappa shape index (κ2) is 2.15. The van der Waals surface area contributed by atoms with Crippen LogP contribution in [0.15, 0.2) is 5.51 Å².